The highest BCUT2D eigenvalue weighted by atomic mass is 32.2. The number of hydrogen-bond acceptors (Lipinski definition) is 5. The smallest absolute Gasteiger partial charge is 0.222 e. The second-order valence-electron chi connectivity index (χ2n) is 4.71. The Kier molecular flexibility index (Phi) is 5.07. The zero-order chi connectivity index (χ0) is 13.7. The first-order valence-electron chi connectivity index (χ1n) is 6.82. The molecule has 0 bridgehead atoms. The van der Waals surface area contributed by atoms with Crippen LogP contribution in [0.3, 0.4) is 0 Å². The van der Waals surface area contributed by atoms with Crippen LogP contribution in [0.2, 0.25) is 0 Å². The van der Waals surface area contributed by atoms with E-state index in [9.17, 15) is 4.79 Å². The predicted octanol–water partition coefficient (Wildman–Crippen LogP) is 1.05. The van der Waals surface area contributed by atoms with Crippen molar-refractivity contribution in [3.63, 3.8) is 0 Å². The van der Waals surface area contributed by atoms with Crippen molar-refractivity contribution in [1.29, 1.82) is 0 Å². The minimum Gasteiger partial charge on any atom is -0.342 e. The van der Waals surface area contributed by atoms with E-state index in [1.165, 1.54) is 0 Å². The molecular formula is C12H21N5OS. The molecular weight excluding hydrogens is 262 g/mol. The molecule has 1 amide bonds. The Hall–Kier alpha value is -1.24. The van der Waals surface area contributed by atoms with E-state index in [0.29, 0.717) is 6.42 Å². The van der Waals surface area contributed by atoms with Gasteiger partial charge in [-0.15, -0.1) is 10.2 Å². The zero-order valence-electron chi connectivity index (χ0n) is 11.3. The predicted molar refractivity (Wildman–Crippen MR) is 75.3 cm³/mol. The van der Waals surface area contributed by atoms with Gasteiger partial charge >= 0.3 is 0 Å². The van der Waals surface area contributed by atoms with Crippen LogP contribution < -0.4 is 5.84 Å². The molecule has 0 aliphatic carbocycles. The summed E-state index contributed by atoms with van der Waals surface area (Å²) in [7, 11) is 0. The number of rotatable bonds is 7. The quantitative estimate of drug-likeness (QED) is 0.598. The van der Waals surface area contributed by atoms with E-state index in [-0.39, 0.29) is 5.91 Å². The van der Waals surface area contributed by atoms with E-state index in [4.69, 9.17) is 5.84 Å². The minimum absolute atomic E-state index is 0.262. The largest absolute Gasteiger partial charge is 0.342 e. The van der Waals surface area contributed by atoms with Crippen LogP contribution in [0.5, 0.6) is 0 Å². The number of hydrogen-bond donors (Lipinski definition) is 1. The fourth-order valence-corrected chi connectivity index (χ4v) is 2.94. The van der Waals surface area contributed by atoms with Gasteiger partial charge in [-0.1, -0.05) is 25.1 Å². The summed E-state index contributed by atoms with van der Waals surface area (Å²) in [6, 6.07) is 0. The molecule has 1 aliphatic rings. The number of amides is 1. The Morgan fingerprint density at radius 3 is 2.95 bits per heavy atom. The summed E-state index contributed by atoms with van der Waals surface area (Å²) in [4.78, 5) is 13.4. The van der Waals surface area contributed by atoms with Gasteiger partial charge in [-0.05, 0) is 12.8 Å². The molecule has 1 aromatic heterocycles. The number of nitrogens with zero attached hydrogens (tertiary/aromatic N) is 4. The Labute approximate surface area is 117 Å². The van der Waals surface area contributed by atoms with Crippen molar-refractivity contribution < 1.29 is 4.79 Å². The zero-order valence-corrected chi connectivity index (χ0v) is 12.2. The van der Waals surface area contributed by atoms with E-state index in [2.05, 4.69) is 17.1 Å². The number of nitrogen functional groups attached to an aromatic ring is 1. The van der Waals surface area contributed by atoms with Gasteiger partial charge < -0.3 is 10.7 Å². The van der Waals surface area contributed by atoms with Crippen molar-refractivity contribution in [2.45, 2.75) is 44.2 Å². The van der Waals surface area contributed by atoms with Crippen LogP contribution in [0.15, 0.2) is 5.16 Å². The standard InChI is InChI=1S/C12H21N5OS/c1-2-3-5-10-14-15-12(17(10)13)19-9-8-16-7-4-6-11(16)18/h2-9,13H2,1H3. The summed E-state index contributed by atoms with van der Waals surface area (Å²) in [6.45, 7) is 3.79. The molecule has 2 heterocycles. The maximum atomic E-state index is 11.5. The normalized spacial score (nSPS) is 15.4. The molecule has 1 aliphatic heterocycles. The van der Waals surface area contributed by atoms with Crippen LogP contribution in [-0.4, -0.2) is 44.5 Å². The minimum atomic E-state index is 0.262. The molecule has 2 N–H and O–H groups in total. The molecule has 0 aromatic carbocycles. The van der Waals surface area contributed by atoms with Crippen molar-refractivity contribution in [2.24, 2.45) is 0 Å². The molecule has 106 valence electrons. The molecule has 1 aromatic rings. The first-order valence-corrected chi connectivity index (χ1v) is 7.81. The second-order valence-corrected chi connectivity index (χ2v) is 5.77. The lowest BCUT2D eigenvalue weighted by Crippen LogP contribution is -2.27. The Bertz CT molecular complexity index is 434. The number of carbonyl (C=O) groups excluding carboxylic acids is 1. The molecule has 0 saturated carbocycles. The van der Waals surface area contributed by atoms with E-state index in [1.807, 2.05) is 4.90 Å². The Balaban J connectivity index is 1.79. The molecule has 7 heteroatoms. The third-order valence-electron chi connectivity index (χ3n) is 3.25. The van der Waals surface area contributed by atoms with Gasteiger partial charge in [0.15, 0.2) is 5.82 Å². The molecule has 19 heavy (non-hydrogen) atoms. The van der Waals surface area contributed by atoms with E-state index in [0.717, 1.165) is 55.5 Å². The second kappa shape index (κ2) is 6.79. The summed E-state index contributed by atoms with van der Waals surface area (Å²) in [5.41, 5.74) is 0. The molecule has 0 radical (unpaired) electrons. The summed E-state index contributed by atoms with van der Waals surface area (Å²) in [6.07, 6.45) is 4.73. The fraction of sp³-hybridized carbons (Fsp3) is 0.750. The topological polar surface area (TPSA) is 77.0 Å². The number of aryl methyl sites for hydroxylation is 1. The highest BCUT2D eigenvalue weighted by molar-refractivity contribution is 7.99. The average molecular weight is 283 g/mol. The molecule has 0 atom stereocenters. The summed E-state index contributed by atoms with van der Waals surface area (Å²) >= 11 is 1.56. The fourth-order valence-electron chi connectivity index (χ4n) is 2.10. The first kappa shape index (κ1) is 14.2. The monoisotopic (exact) mass is 283 g/mol. The van der Waals surface area contributed by atoms with Gasteiger partial charge in [-0.2, -0.15) is 0 Å². The molecule has 2 rings (SSSR count). The van der Waals surface area contributed by atoms with Gasteiger partial charge in [0.25, 0.3) is 0 Å². The number of aromatic nitrogens is 3. The van der Waals surface area contributed by atoms with Gasteiger partial charge in [0.05, 0.1) is 0 Å². The summed E-state index contributed by atoms with van der Waals surface area (Å²) in [5.74, 6) is 7.87. The first-order chi connectivity index (χ1) is 9.22. The lowest BCUT2D eigenvalue weighted by Gasteiger charge is -2.14. The molecule has 0 unspecified atom stereocenters. The lowest BCUT2D eigenvalue weighted by molar-refractivity contribution is -0.127. The maximum absolute atomic E-state index is 11.5. The number of nitrogens with two attached hydrogens (primary N) is 1. The molecule has 1 fully saturated rings. The van der Waals surface area contributed by atoms with Crippen LogP contribution in [0.25, 0.3) is 0 Å². The van der Waals surface area contributed by atoms with Crippen LogP contribution in [-0.2, 0) is 11.2 Å². The number of unbranched alkanes of at least 4 members (excludes halogenated alkanes) is 1. The SMILES string of the molecule is CCCCc1nnc(SCCN2CCCC2=O)n1N. The summed E-state index contributed by atoms with van der Waals surface area (Å²) in [5, 5.41) is 8.94. The number of thioether (sulfide) groups is 1. The van der Waals surface area contributed by atoms with Gasteiger partial charge in [-0.3, -0.25) is 4.79 Å². The third kappa shape index (κ3) is 3.62. The summed E-state index contributed by atoms with van der Waals surface area (Å²) < 4.78 is 1.58. The third-order valence-corrected chi connectivity index (χ3v) is 4.18. The van der Waals surface area contributed by atoms with E-state index in [1.54, 1.807) is 16.4 Å². The average Bonchev–Trinajstić information content (AvgIpc) is 2.96. The lowest BCUT2D eigenvalue weighted by atomic mass is 10.2. The van der Waals surface area contributed by atoms with Gasteiger partial charge in [0.1, 0.15) is 0 Å². The molecule has 6 nitrogen and oxygen atoms in total. The van der Waals surface area contributed by atoms with E-state index < -0.39 is 0 Å². The van der Waals surface area contributed by atoms with Crippen molar-refractivity contribution in [3.8, 4) is 0 Å². The number of carbonyl (C=O) groups is 1. The Morgan fingerprint density at radius 2 is 2.26 bits per heavy atom. The maximum Gasteiger partial charge on any atom is 0.222 e. The van der Waals surface area contributed by atoms with Crippen LogP contribution in [0, 0.1) is 0 Å². The highest BCUT2D eigenvalue weighted by Crippen LogP contribution is 2.17. The number of likely N-dealkylation sites (tertiary alicyclic amines) is 1. The van der Waals surface area contributed by atoms with Crippen molar-refractivity contribution in [2.75, 3.05) is 24.7 Å². The van der Waals surface area contributed by atoms with Crippen LogP contribution in [0.4, 0.5) is 0 Å². The van der Waals surface area contributed by atoms with Crippen LogP contribution in [0.1, 0.15) is 38.4 Å². The molecule has 0 spiro atoms. The highest BCUT2D eigenvalue weighted by Gasteiger charge is 2.19. The van der Waals surface area contributed by atoms with Crippen LogP contribution >= 0.6 is 11.8 Å². The van der Waals surface area contributed by atoms with Gasteiger partial charge in [-0.25, -0.2) is 4.68 Å². The van der Waals surface area contributed by atoms with Crippen molar-refractivity contribution >= 4 is 17.7 Å². The van der Waals surface area contributed by atoms with Crippen molar-refractivity contribution in [3.05, 3.63) is 5.82 Å². The Morgan fingerprint density at radius 1 is 1.42 bits per heavy atom. The van der Waals surface area contributed by atoms with E-state index >= 15 is 0 Å². The van der Waals surface area contributed by atoms with Gasteiger partial charge in [0, 0.05) is 31.7 Å². The molecule has 1 saturated heterocycles. The van der Waals surface area contributed by atoms with Crippen molar-refractivity contribution in [1.82, 2.24) is 19.8 Å². The van der Waals surface area contributed by atoms with Gasteiger partial charge in [0.2, 0.25) is 11.1 Å².